The van der Waals surface area contributed by atoms with Gasteiger partial charge in [-0.25, -0.2) is 0 Å². The minimum absolute atomic E-state index is 0.00559. The highest BCUT2D eigenvalue weighted by atomic mass is 35.5. The second kappa shape index (κ2) is 15.1. The lowest BCUT2D eigenvalue weighted by Gasteiger charge is -2.25. The summed E-state index contributed by atoms with van der Waals surface area (Å²) >= 11 is 17.0. The van der Waals surface area contributed by atoms with Crippen molar-refractivity contribution in [1.82, 2.24) is 10.6 Å². The summed E-state index contributed by atoms with van der Waals surface area (Å²) in [5.41, 5.74) is 2.04. The summed E-state index contributed by atoms with van der Waals surface area (Å²) in [5.74, 6) is 0.584. The van der Waals surface area contributed by atoms with Crippen molar-refractivity contribution in [1.29, 1.82) is 0 Å². The Kier molecular flexibility index (Phi) is 14.3. The van der Waals surface area contributed by atoms with E-state index in [0.29, 0.717) is 5.88 Å². The van der Waals surface area contributed by atoms with Gasteiger partial charge in [0.2, 0.25) is 11.8 Å². The van der Waals surface area contributed by atoms with Gasteiger partial charge in [-0.05, 0) is 69.5 Å². The average Bonchev–Trinajstić information content (AvgIpc) is 2.63. The molecular formula is C24H33Cl3N2O2. The Morgan fingerprint density at radius 1 is 0.839 bits per heavy atom. The van der Waals surface area contributed by atoms with Crippen molar-refractivity contribution in [3.8, 4) is 0 Å². The van der Waals surface area contributed by atoms with Crippen molar-refractivity contribution in [2.75, 3.05) is 0 Å². The zero-order chi connectivity index (χ0) is 24.0. The molecule has 31 heavy (non-hydrogen) atoms. The van der Waals surface area contributed by atoms with E-state index in [4.69, 9.17) is 34.8 Å². The van der Waals surface area contributed by atoms with E-state index in [1.165, 1.54) is 13.8 Å². The predicted octanol–water partition coefficient (Wildman–Crippen LogP) is 6.41. The number of hydrogen-bond acceptors (Lipinski definition) is 2. The van der Waals surface area contributed by atoms with E-state index in [1.807, 2.05) is 76.2 Å². The van der Waals surface area contributed by atoms with E-state index in [2.05, 4.69) is 10.6 Å². The summed E-state index contributed by atoms with van der Waals surface area (Å²) in [6.07, 6.45) is 0.795. The molecule has 0 aromatic heterocycles. The number of alkyl halides is 1. The van der Waals surface area contributed by atoms with Gasteiger partial charge in [-0.15, -0.1) is 11.6 Å². The first-order chi connectivity index (χ1) is 14.3. The first-order valence-corrected chi connectivity index (χ1v) is 11.2. The number of carbonyl (C=O) groups excluding carboxylic acids is 2. The van der Waals surface area contributed by atoms with E-state index in [9.17, 15) is 9.59 Å². The van der Waals surface area contributed by atoms with E-state index >= 15 is 0 Å². The molecule has 172 valence electrons. The summed E-state index contributed by atoms with van der Waals surface area (Å²) in [6, 6.07) is 15.4. The quantitative estimate of drug-likeness (QED) is 0.479. The lowest BCUT2D eigenvalue weighted by atomic mass is 9.95. The minimum Gasteiger partial charge on any atom is -0.354 e. The number of benzene rings is 2. The van der Waals surface area contributed by atoms with Gasteiger partial charge < -0.3 is 10.6 Å². The van der Waals surface area contributed by atoms with Crippen LogP contribution in [0.3, 0.4) is 0 Å². The zero-order valence-corrected chi connectivity index (χ0v) is 21.3. The summed E-state index contributed by atoms with van der Waals surface area (Å²) in [6.45, 7) is 10.9. The van der Waals surface area contributed by atoms with Gasteiger partial charge in [0, 0.05) is 41.4 Å². The van der Waals surface area contributed by atoms with E-state index in [1.54, 1.807) is 0 Å². The first kappa shape index (κ1) is 29.2. The maximum Gasteiger partial charge on any atom is 0.217 e. The highest BCUT2D eigenvalue weighted by molar-refractivity contribution is 6.30. The SMILES string of the molecule is CC(=O)NC(C)(C)Cc1ccc(Cl)cc1.CC(=O)NC(C)C.ClCc1ccc(Cl)cc1. The molecule has 0 radical (unpaired) electrons. The van der Waals surface area contributed by atoms with E-state index < -0.39 is 0 Å². The monoisotopic (exact) mass is 486 g/mol. The molecule has 0 aliphatic rings. The Hall–Kier alpha value is -1.75. The van der Waals surface area contributed by atoms with Crippen LogP contribution in [0.25, 0.3) is 0 Å². The van der Waals surface area contributed by atoms with Gasteiger partial charge in [0.15, 0.2) is 0 Å². The van der Waals surface area contributed by atoms with Crippen LogP contribution in [-0.2, 0) is 21.9 Å². The van der Waals surface area contributed by atoms with Crippen molar-refractivity contribution in [2.45, 2.75) is 65.4 Å². The van der Waals surface area contributed by atoms with Crippen LogP contribution in [-0.4, -0.2) is 23.4 Å². The van der Waals surface area contributed by atoms with Crippen molar-refractivity contribution >= 4 is 46.6 Å². The number of hydrogen-bond donors (Lipinski definition) is 2. The van der Waals surface area contributed by atoms with Gasteiger partial charge in [0.05, 0.1) is 0 Å². The largest absolute Gasteiger partial charge is 0.354 e. The van der Waals surface area contributed by atoms with Crippen molar-refractivity contribution in [2.24, 2.45) is 0 Å². The fourth-order valence-electron chi connectivity index (χ4n) is 2.61. The lowest BCUT2D eigenvalue weighted by molar-refractivity contribution is -0.121. The Labute approximate surface area is 201 Å². The summed E-state index contributed by atoms with van der Waals surface area (Å²) in [4.78, 5) is 21.1. The van der Waals surface area contributed by atoms with Gasteiger partial charge in [0.25, 0.3) is 0 Å². The molecule has 0 spiro atoms. The number of carbonyl (C=O) groups is 2. The van der Waals surface area contributed by atoms with E-state index in [0.717, 1.165) is 27.6 Å². The van der Waals surface area contributed by atoms with Gasteiger partial charge >= 0.3 is 0 Å². The Balaban J connectivity index is 0.000000479. The molecule has 0 bridgehead atoms. The van der Waals surface area contributed by atoms with Gasteiger partial charge in [-0.1, -0.05) is 47.5 Å². The molecule has 2 aromatic carbocycles. The molecule has 0 saturated heterocycles. The fraction of sp³-hybridized carbons (Fsp3) is 0.417. The number of halogens is 3. The van der Waals surface area contributed by atoms with Crippen LogP contribution in [0, 0.1) is 0 Å². The molecule has 0 fully saturated rings. The molecular weight excluding hydrogens is 455 g/mol. The van der Waals surface area contributed by atoms with Crippen LogP contribution >= 0.6 is 34.8 Å². The lowest BCUT2D eigenvalue weighted by Crippen LogP contribution is -2.43. The Morgan fingerprint density at radius 3 is 1.55 bits per heavy atom. The summed E-state index contributed by atoms with van der Waals surface area (Å²) in [5, 5.41) is 7.06. The number of amides is 2. The average molecular weight is 488 g/mol. The molecule has 2 rings (SSSR count). The topological polar surface area (TPSA) is 58.2 Å². The molecule has 2 N–H and O–H groups in total. The second-order valence-corrected chi connectivity index (χ2v) is 9.12. The smallest absolute Gasteiger partial charge is 0.217 e. The molecule has 0 atom stereocenters. The normalized spacial score (nSPS) is 10.3. The van der Waals surface area contributed by atoms with Crippen molar-refractivity contribution in [3.63, 3.8) is 0 Å². The molecule has 0 saturated carbocycles. The molecule has 0 aliphatic carbocycles. The highest BCUT2D eigenvalue weighted by Gasteiger charge is 2.18. The molecule has 0 heterocycles. The number of nitrogens with one attached hydrogen (secondary N) is 2. The summed E-state index contributed by atoms with van der Waals surface area (Å²) < 4.78 is 0. The molecule has 0 unspecified atom stereocenters. The van der Waals surface area contributed by atoms with Gasteiger partial charge in [0.1, 0.15) is 0 Å². The van der Waals surface area contributed by atoms with Crippen LogP contribution in [0.2, 0.25) is 10.0 Å². The molecule has 2 amide bonds. The Morgan fingerprint density at radius 2 is 1.26 bits per heavy atom. The minimum atomic E-state index is -0.223. The van der Waals surface area contributed by atoms with Gasteiger partial charge in [-0.3, -0.25) is 9.59 Å². The van der Waals surface area contributed by atoms with E-state index in [-0.39, 0.29) is 23.4 Å². The Bertz CT molecular complexity index is 789. The zero-order valence-electron chi connectivity index (χ0n) is 19.1. The maximum absolute atomic E-state index is 11.0. The predicted molar refractivity (Wildman–Crippen MR) is 133 cm³/mol. The van der Waals surface area contributed by atoms with Crippen LogP contribution in [0.5, 0.6) is 0 Å². The number of rotatable bonds is 5. The molecule has 2 aromatic rings. The third-order valence-corrected chi connectivity index (χ3v) is 4.45. The second-order valence-electron chi connectivity index (χ2n) is 7.98. The highest BCUT2D eigenvalue weighted by Crippen LogP contribution is 2.15. The molecule has 7 heteroatoms. The maximum atomic E-state index is 11.0. The van der Waals surface area contributed by atoms with Crippen LogP contribution < -0.4 is 10.6 Å². The van der Waals surface area contributed by atoms with Crippen molar-refractivity contribution < 1.29 is 9.59 Å². The van der Waals surface area contributed by atoms with Crippen LogP contribution in [0.1, 0.15) is 52.7 Å². The van der Waals surface area contributed by atoms with Crippen molar-refractivity contribution in [3.05, 3.63) is 69.7 Å². The molecule has 0 aliphatic heterocycles. The third-order valence-electron chi connectivity index (χ3n) is 3.63. The van der Waals surface area contributed by atoms with Crippen LogP contribution in [0.4, 0.5) is 0 Å². The molecule has 4 nitrogen and oxygen atoms in total. The standard InChI is InChI=1S/C12H16ClNO.C7H6Cl2.C5H11NO/c1-9(15)14-12(2,3)8-10-4-6-11(13)7-5-10;8-5-6-1-3-7(9)4-2-6;1-4(2)6-5(3)7/h4-7H,8H2,1-3H3,(H,14,15);1-4H,5H2;4H,1-3H3,(H,6,7). The van der Waals surface area contributed by atoms with Gasteiger partial charge in [-0.2, -0.15) is 0 Å². The third kappa shape index (κ3) is 16.6. The summed E-state index contributed by atoms with van der Waals surface area (Å²) in [7, 11) is 0. The first-order valence-electron chi connectivity index (χ1n) is 9.95. The van der Waals surface area contributed by atoms with Crippen LogP contribution in [0.15, 0.2) is 48.5 Å². The fourth-order valence-corrected chi connectivity index (χ4v) is 3.04.